The lowest BCUT2D eigenvalue weighted by molar-refractivity contribution is -0.139. The van der Waals surface area contributed by atoms with Crippen molar-refractivity contribution in [2.45, 2.75) is 12.6 Å². The highest BCUT2D eigenvalue weighted by molar-refractivity contribution is 7.09. The Bertz CT molecular complexity index is 746. The van der Waals surface area contributed by atoms with E-state index >= 15 is 0 Å². The first-order valence-electron chi connectivity index (χ1n) is 8.79. The van der Waals surface area contributed by atoms with E-state index in [0.29, 0.717) is 32.8 Å². The summed E-state index contributed by atoms with van der Waals surface area (Å²) in [6.07, 6.45) is 0. The quantitative estimate of drug-likeness (QED) is 0.736. The summed E-state index contributed by atoms with van der Waals surface area (Å²) in [5, 5.41) is 7.22. The molecular formula is C19H22FN3O3S. The predicted octanol–water partition coefficient (Wildman–Crippen LogP) is 1.69. The summed E-state index contributed by atoms with van der Waals surface area (Å²) in [4.78, 5) is 27.3. The normalized spacial score (nSPS) is 15.9. The van der Waals surface area contributed by atoms with E-state index in [0.717, 1.165) is 10.4 Å². The van der Waals surface area contributed by atoms with E-state index in [-0.39, 0.29) is 18.4 Å². The third-order valence-electron chi connectivity index (χ3n) is 4.41. The number of halogens is 1. The van der Waals surface area contributed by atoms with E-state index in [2.05, 4.69) is 15.5 Å². The number of ether oxygens (including phenoxy) is 1. The Labute approximate surface area is 161 Å². The molecular weight excluding hydrogens is 369 g/mol. The van der Waals surface area contributed by atoms with E-state index in [1.165, 1.54) is 23.5 Å². The van der Waals surface area contributed by atoms with Crippen molar-refractivity contribution < 1.29 is 18.7 Å². The molecule has 0 radical (unpaired) electrons. The molecule has 0 bridgehead atoms. The summed E-state index contributed by atoms with van der Waals surface area (Å²) in [7, 11) is 0. The van der Waals surface area contributed by atoms with Gasteiger partial charge in [-0.15, -0.1) is 11.3 Å². The van der Waals surface area contributed by atoms with Crippen LogP contribution in [0.15, 0.2) is 41.8 Å². The van der Waals surface area contributed by atoms with Crippen LogP contribution in [0.2, 0.25) is 0 Å². The van der Waals surface area contributed by atoms with Crippen LogP contribution in [-0.2, 0) is 20.9 Å². The minimum atomic E-state index is -0.674. The van der Waals surface area contributed by atoms with Gasteiger partial charge in [-0.3, -0.25) is 14.5 Å². The van der Waals surface area contributed by atoms with Crippen LogP contribution in [0.1, 0.15) is 16.5 Å². The molecule has 6 nitrogen and oxygen atoms in total. The lowest BCUT2D eigenvalue weighted by atomic mass is 10.0. The van der Waals surface area contributed by atoms with Crippen LogP contribution in [-0.4, -0.2) is 49.6 Å². The summed E-state index contributed by atoms with van der Waals surface area (Å²) in [6.45, 7) is 3.22. The lowest BCUT2D eigenvalue weighted by Gasteiger charge is -2.34. The first-order chi connectivity index (χ1) is 13.1. The number of amides is 2. The minimum Gasteiger partial charge on any atom is -0.379 e. The number of nitrogens with one attached hydrogen (secondary N) is 2. The van der Waals surface area contributed by atoms with Crippen LogP contribution in [0.5, 0.6) is 0 Å². The maximum Gasteiger partial charge on any atom is 0.309 e. The molecule has 27 heavy (non-hydrogen) atoms. The second-order valence-corrected chi connectivity index (χ2v) is 7.22. The molecule has 2 aromatic rings. The van der Waals surface area contributed by atoms with E-state index in [1.807, 2.05) is 17.5 Å². The Morgan fingerprint density at radius 2 is 1.81 bits per heavy atom. The Kier molecular flexibility index (Phi) is 6.92. The molecule has 2 amide bonds. The van der Waals surface area contributed by atoms with Crippen molar-refractivity contribution in [2.75, 3.05) is 32.8 Å². The molecule has 1 atom stereocenters. The van der Waals surface area contributed by atoms with Gasteiger partial charge in [0.05, 0.1) is 25.8 Å². The molecule has 1 aromatic heterocycles. The number of hydrogen-bond acceptors (Lipinski definition) is 5. The molecule has 1 saturated heterocycles. The predicted molar refractivity (Wildman–Crippen MR) is 101 cm³/mol. The fourth-order valence-electron chi connectivity index (χ4n) is 2.96. The Balaban J connectivity index is 1.58. The van der Waals surface area contributed by atoms with Gasteiger partial charge in [-0.25, -0.2) is 4.39 Å². The van der Waals surface area contributed by atoms with Crippen molar-refractivity contribution in [1.29, 1.82) is 0 Å². The minimum absolute atomic E-state index is 0.149. The lowest BCUT2D eigenvalue weighted by Crippen LogP contribution is -2.46. The molecule has 1 unspecified atom stereocenters. The third kappa shape index (κ3) is 5.59. The SMILES string of the molecule is O=C(NCc1cccs1)C(=O)NCC(c1ccc(F)cc1)N1CCOCC1. The van der Waals surface area contributed by atoms with Gasteiger partial charge in [-0.05, 0) is 29.1 Å². The highest BCUT2D eigenvalue weighted by Gasteiger charge is 2.24. The van der Waals surface area contributed by atoms with Crippen molar-refractivity contribution in [3.63, 3.8) is 0 Å². The number of nitrogens with zero attached hydrogens (tertiary/aromatic N) is 1. The number of morpholine rings is 1. The molecule has 1 aliphatic heterocycles. The van der Waals surface area contributed by atoms with Crippen LogP contribution in [0.25, 0.3) is 0 Å². The first kappa shape index (κ1) is 19.5. The Hall–Kier alpha value is -2.29. The topological polar surface area (TPSA) is 70.7 Å². The number of benzene rings is 1. The van der Waals surface area contributed by atoms with Crippen LogP contribution < -0.4 is 10.6 Å². The molecule has 2 N–H and O–H groups in total. The number of rotatable bonds is 6. The molecule has 1 aromatic carbocycles. The van der Waals surface area contributed by atoms with Crippen LogP contribution in [0.4, 0.5) is 4.39 Å². The van der Waals surface area contributed by atoms with Gasteiger partial charge in [0.25, 0.3) is 0 Å². The summed E-state index contributed by atoms with van der Waals surface area (Å²) >= 11 is 1.52. The van der Waals surface area contributed by atoms with E-state index in [4.69, 9.17) is 4.74 Å². The summed E-state index contributed by atoms with van der Waals surface area (Å²) in [5.41, 5.74) is 0.887. The van der Waals surface area contributed by atoms with Crippen LogP contribution in [0.3, 0.4) is 0 Å². The zero-order chi connectivity index (χ0) is 19.1. The Morgan fingerprint density at radius 1 is 1.11 bits per heavy atom. The van der Waals surface area contributed by atoms with Gasteiger partial charge in [0, 0.05) is 24.5 Å². The maximum atomic E-state index is 13.3. The van der Waals surface area contributed by atoms with Crippen molar-refractivity contribution in [1.82, 2.24) is 15.5 Å². The largest absolute Gasteiger partial charge is 0.379 e. The standard InChI is InChI=1S/C19H22FN3O3S/c20-15-5-3-14(4-6-15)17(23-7-9-26-10-8-23)13-22-19(25)18(24)21-12-16-2-1-11-27-16/h1-6,11,17H,7-10,12-13H2,(H,21,24)(H,22,25). The van der Waals surface area contributed by atoms with Gasteiger partial charge < -0.3 is 15.4 Å². The van der Waals surface area contributed by atoms with Crippen molar-refractivity contribution >= 4 is 23.2 Å². The summed E-state index contributed by atoms with van der Waals surface area (Å²) in [6, 6.07) is 9.85. The van der Waals surface area contributed by atoms with Gasteiger partial charge in [0.2, 0.25) is 0 Å². The molecule has 0 spiro atoms. The fourth-order valence-corrected chi connectivity index (χ4v) is 3.61. The van der Waals surface area contributed by atoms with E-state index in [1.54, 1.807) is 12.1 Å². The van der Waals surface area contributed by atoms with Crippen LogP contribution in [0, 0.1) is 5.82 Å². The molecule has 144 valence electrons. The van der Waals surface area contributed by atoms with Gasteiger partial charge in [0.1, 0.15) is 5.82 Å². The van der Waals surface area contributed by atoms with Crippen LogP contribution >= 0.6 is 11.3 Å². The van der Waals surface area contributed by atoms with Gasteiger partial charge in [-0.1, -0.05) is 18.2 Å². The number of carbonyl (C=O) groups is 2. The molecule has 0 aliphatic carbocycles. The molecule has 1 aliphatic rings. The highest BCUT2D eigenvalue weighted by Crippen LogP contribution is 2.21. The zero-order valence-corrected chi connectivity index (χ0v) is 15.6. The Morgan fingerprint density at radius 3 is 2.48 bits per heavy atom. The van der Waals surface area contributed by atoms with Crippen molar-refractivity contribution in [3.8, 4) is 0 Å². The molecule has 8 heteroatoms. The first-order valence-corrected chi connectivity index (χ1v) is 9.67. The maximum absolute atomic E-state index is 13.3. The highest BCUT2D eigenvalue weighted by atomic mass is 32.1. The van der Waals surface area contributed by atoms with Crippen molar-refractivity contribution in [3.05, 3.63) is 58.0 Å². The summed E-state index contributed by atoms with van der Waals surface area (Å²) in [5.74, 6) is -1.65. The third-order valence-corrected chi connectivity index (χ3v) is 5.28. The number of hydrogen-bond donors (Lipinski definition) is 2. The number of thiophene rings is 1. The monoisotopic (exact) mass is 391 g/mol. The summed E-state index contributed by atoms with van der Waals surface area (Å²) < 4.78 is 18.6. The second kappa shape index (κ2) is 9.59. The molecule has 1 fully saturated rings. The fraction of sp³-hybridized carbons (Fsp3) is 0.368. The van der Waals surface area contributed by atoms with Gasteiger partial charge >= 0.3 is 11.8 Å². The van der Waals surface area contributed by atoms with E-state index in [9.17, 15) is 14.0 Å². The van der Waals surface area contributed by atoms with Gasteiger partial charge in [0.15, 0.2) is 0 Å². The average Bonchev–Trinajstić information content (AvgIpc) is 3.22. The average molecular weight is 391 g/mol. The van der Waals surface area contributed by atoms with E-state index < -0.39 is 11.8 Å². The molecule has 0 saturated carbocycles. The molecule has 2 heterocycles. The smallest absolute Gasteiger partial charge is 0.309 e. The second-order valence-electron chi connectivity index (χ2n) is 6.19. The zero-order valence-electron chi connectivity index (χ0n) is 14.8. The molecule has 3 rings (SSSR count). The number of carbonyl (C=O) groups excluding carboxylic acids is 2. The van der Waals surface area contributed by atoms with Crippen molar-refractivity contribution in [2.24, 2.45) is 0 Å². The van der Waals surface area contributed by atoms with Gasteiger partial charge in [-0.2, -0.15) is 0 Å².